The quantitative estimate of drug-likeness (QED) is 0.366. The third kappa shape index (κ3) is 7.95. The second-order valence-corrected chi connectivity index (χ2v) is 6.78. The van der Waals surface area contributed by atoms with Crippen LogP contribution in [0.4, 0.5) is 0 Å². The minimum atomic E-state index is -0.277. The Morgan fingerprint density at radius 1 is 0.815 bits per heavy atom. The zero-order valence-corrected chi connectivity index (χ0v) is 16.3. The summed E-state index contributed by atoms with van der Waals surface area (Å²) >= 11 is 0. The molecule has 0 radical (unpaired) electrons. The van der Waals surface area contributed by atoms with Crippen molar-refractivity contribution < 1.29 is 19.1 Å². The third-order valence-corrected chi connectivity index (χ3v) is 4.60. The highest BCUT2D eigenvalue weighted by atomic mass is 16.5. The van der Waals surface area contributed by atoms with Crippen molar-refractivity contribution in [3.05, 3.63) is 42.0 Å². The van der Waals surface area contributed by atoms with Crippen molar-refractivity contribution in [2.24, 2.45) is 0 Å². The summed E-state index contributed by atoms with van der Waals surface area (Å²) in [6.07, 6.45) is 11.6. The largest absolute Gasteiger partial charge is 0.491 e. The van der Waals surface area contributed by atoms with Gasteiger partial charge >= 0.3 is 0 Å². The van der Waals surface area contributed by atoms with Crippen molar-refractivity contribution in [3.8, 4) is 5.75 Å². The lowest BCUT2D eigenvalue weighted by atomic mass is 10.0. The lowest BCUT2D eigenvalue weighted by molar-refractivity contribution is -0.137. The van der Waals surface area contributed by atoms with Crippen molar-refractivity contribution in [1.29, 1.82) is 0 Å². The molecule has 1 aliphatic heterocycles. The van der Waals surface area contributed by atoms with Crippen LogP contribution in [0, 0.1) is 0 Å². The molecule has 1 aromatic rings. The first-order valence-electron chi connectivity index (χ1n) is 10.0. The summed E-state index contributed by atoms with van der Waals surface area (Å²) in [6.45, 7) is 3.70. The fraction of sp³-hybridized carbons (Fsp3) is 0.545. The van der Waals surface area contributed by atoms with Crippen molar-refractivity contribution in [2.45, 2.75) is 51.9 Å². The molecule has 0 aromatic heterocycles. The summed E-state index contributed by atoms with van der Waals surface area (Å²) in [5.74, 6) is 0.279. The molecule has 5 heteroatoms. The van der Waals surface area contributed by atoms with Crippen molar-refractivity contribution >= 4 is 11.8 Å². The molecule has 27 heavy (non-hydrogen) atoms. The minimum absolute atomic E-state index is 0.276. The van der Waals surface area contributed by atoms with E-state index in [2.05, 4.69) is 19.1 Å². The Bertz CT molecular complexity index is 591. The number of hydrogen-bond donors (Lipinski definition) is 0. The highest BCUT2D eigenvalue weighted by Crippen LogP contribution is 2.15. The normalized spacial score (nSPS) is 13.6. The van der Waals surface area contributed by atoms with Crippen LogP contribution in [0.5, 0.6) is 5.75 Å². The highest BCUT2D eigenvalue weighted by molar-refractivity contribution is 6.12. The first kappa shape index (κ1) is 21.2. The summed E-state index contributed by atoms with van der Waals surface area (Å²) in [4.78, 5) is 23.9. The molecule has 0 spiro atoms. The standard InChI is InChI=1S/C22H31NO4/c1-2-3-4-5-6-7-8-19-9-11-20(12-10-19)27-18-17-26-16-15-23-21(24)13-14-22(23)25/h9-14H,2-8,15-18H2,1H3. The molecule has 0 N–H and O–H groups in total. The second kappa shape index (κ2) is 12.3. The molecule has 5 nitrogen and oxygen atoms in total. The highest BCUT2D eigenvalue weighted by Gasteiger charge is 2.22. The van der Waals surface area contributed by atoms with Crippen LogP contribution in [0.25, 0.3) is 0 Å². The lowest BCUT2D eigenvalue weighted by Gasteiger charge is -2.13. The van der Waals surface area contributed by atoms with Crippen LogP contribution >= 0.6 is 0 Å². The molecule has 0 atom stereocenters. The molecule has 0 unspecified atom stereocenters. The monoisotopic (exact) mass is 373 g/mol. The molecule has 2 rings (SSSR count). The minimum Gasteiger partial charge on any atom is -0.491 e. The average molecular weight is 373 g/mol. The van der Waals surface area contributed by atoms with E-state index in [4.69, 9.17) is 9.47 Å². The van der Waals surface area contributed by atoms with Gasteiger partial charge in [0.1, 0.15) is 12.4 Å². The summed E-state index contributed by atoms with van der Waals surface area (Å²) in [5.41, 5.74) is 1.35. The fourth-order valence-corrected chi connectivity index (χ4v) is 2.99. The molecule has 0 fully saturated rings. The Morgan fingerprint density at radius 3 is 2.19 bits per heavy atom. The topological polar surface area (TPSA) is 55.8 Å². The molecule has 0 saturated heterocycles. The van der Waals surface area contributed by atoms with Crippen molar-refractivity contribution in [3.63, 3.8) is 0 Å². The van der Waals surface area contributed by atoms with Gasteiger partial charge < -0.3 is 9.47 Å². The van der Waals surface area contributed by atoms with Gasteiger partial charge in [0, 0.05) is 12.2 Å². The molecule has 2 amide bonds. The third-order valence-electron chi connectivity index (χ3n) is 4.60. The van der Waals surface area contributed by atoms with E-state index in [1.807, 2.05) is 12.1 Å². The summed E-state index contributed by atoms with van der Waals surface area (Å²) < 4.78 is 11.1. The molecule has 1 aromatic carbocycles. The number of rotatable bonds is 14. The average Bonchev–Trinajstić information content (AvgIpc) is 3.00. The number of benzene rings is 1. The van der Waals surface area contributed by atoms with Gasteiger partial charge in [-0.1, -0.05) is 51.2 Å². The van der Waals surface area contributed by atoms with Gasteiger partial charge in [-0.15, -0.1) is 0 Å². The Balaban J connectivity index is 1.51. The van der Waals surface area contributed by atoms with Gasteiger partial charge in [-0.2, -0.15) is 0 Å². The Labute approximate surface area is 162 Å². The smallest absolute Gasteiger partial charge is 0.253 e. The van der Waals surface area contributed by atoms with E-state index in [9.17, 15) is 9.59 Å². The van der Waals surface area contributed by atoms with Gasteiger partial charge in [-0.3, -0.25) is 14.5 Å². The van der Waals surface area contributed by atoms with Crippen LogP contribution in [0.2, 0.25) is 0 Å². The predicted molar refractivity (Wildman–Crippen MR) is 106 cm³/mol. The van der Waals surface area contributed by atoms with Crippen LogP contribution < -0.4 is 4.74 Å². The Kier molecular flexibility index (Phi) is 9.63. The van der Waals surface area contributed by atoms with E-state index < -0.39 is 0 Å². The van der Waals surface area contributed by atoms with Gasteiger partial charge in [0.05, 0.1) is 19.8 Å². The van der Waals surface area contributed by atoms with Gasteiger partial charge in [0.25, 0.3) is 11.8 Å². The van der Waals surface area contributed by atoms with Gasteiger partial charge in [-0.25, -0.2) is 0 Å². The summed E-state index contributed by atoms with van der Waals surface area (Å²) in [6, 6.07) is 8.25. The SMILES string of the molecule is CCCCCCCCc1ccc(OCCOCCN2C(=O)C=CC2=O)cc1. The first-order valence-corrected chi connectivity index (χ1v) is 10.0. The van der Waals surface area contributed by atoms with E-state index >= 15 is 0 Å². The van der Waals surface area contributed by atoms with Crippen molar-refractivity contribution in [2.75, 3.05) is 26.4 Å². The van der Waals surface area contributed by atoms with Crippen LogP contribution in [-0.4, -0.2) is 43.1 Å². The number of amides is 2. The van der Waals surface area contributed by atoms with E-state index in [1.54, 1.807) is 0 Å². The van der Waals surface area contributed by atoms with Gasteiger partial charge in [0.15, 0.2) is 0 Å². The first-order chi connectivity index (χ1) is 13.2. The molecule has 1 aliphatic rings. The Morgan fingerprint density at radius 2 is 1.48 bits per heavy atom. The van der Waals surface area contributed by atoms with Crippen LogP contribution in [0.1, 0.15) is 51.0 Å². The fourth-order valence-electron chi connectivity index (χ4n) is 2.99. The van der Waals surface area contributed by atoms with E-state index in [-0.39, 0.29) is 18.4 Å². The number of carbonyl (C=O) groups is 2. The number of unbranched alkanes of at least 4 members (excludes halogenated alkanes) is 5. The molecule has 0 bridgehead atoms. The maximum atomic E-state index is 11.4. The maximum Gasteiger partial charge on any atom is 0.253 e. The number of ether oxygens (including phenoxy) is 2. The number of carbonyl (C=O) groups excluding carboxylic acids is 2. The maximum absolute atomic E-state index is 11.4. The second-order valence-electron chi connectivity index (χ2n) is 6.78. The van der Waals surface area contributed by atoms with E-state index in [1.165, 1.54) is 61.1 Å². The van der Waals surface area contributed by atoms with Crippen molar-refractivity contribution in [1.82, 2.24) is 4.90 Å². The number of imide groups is 1. The van der Waals surface area contributed by atoms with E-state index in [0.717, 1.165) is 12.2 Å². The number of nitrogens with zero attached hydrogens (tertiary/aromatic N) is 1. The molecule has 0 saturated carbocycles. The van der Waals surface area contributed by atoms with Crippen LogP contribution in [-0.2, 0) is 20.7 Å². The van der Waals surface area contributed by atoms with Crippen LogP contribution in [0.15, 0.2) is 36.4 Å². The lowest BCUT2D eigenvalue weighted by Crippen LogP contribution is -2.33. The summed E-state index contributed by atoms with van der Waals surface area (Å²) in [5, 5.41) is 0. The Hall–Kier alpha value is -2.14. The van der Waals surface area contributed by atoms with Gasteiger partial charge in [0.2, 0.25) is 0 Å². The molecule has 0 aliphatic carbocycles. The molecular formula is C22H31NO4. The predicted octanol–water partition coefficient (Wildman–Crippen LogP) is 3.91. The zero-order chi connectivity index (χ0) is 19.3. The zero-order valence-electron chi connectivity index (χ0n) is 16.3. The number of aryl methyl sites for hydroxylation is 1. The van der Waals surface area contributed by atoms with E-state index in [0.29, 0.717) is 19.8 Å². The van der Waals surface area contributed by atoms with Gasteiger partial charge in [-0.05, 0) is 30.5 Å². The molecular weight excluding hydrogens is 342 g/mol. The number of hydrogen-bond acceptors (Lipinski definition) is 4. The molecule has 148 valence electrons. The summed E-state index contributed by atoms with van der Waals surface area (Å²) in [7, 11) is 0. The molecule has 1 heterocycles. The van der Waals surface area contributed by atoms with Crippen LogP contribution in [0.3, 0.4) is 0 Å².